The number of phenols is 2. The van der Waals surface area contributed by atoms with E-state index >= 15 is 0 Å². The van der Waals surface area contributed by atoms with Crippen molar-refractivity contribution in [1.29, 1.82) is 5.41 Å². The van der Waals surface area contributed by atoms with Gasteiger partial charge in [-0.15, -0.1) is 0 Å². The van der Waals surface area contributed by atoms with E-state index in [-0.39, 0.29) is 27.6 Å². The molecule has 0 bridgehead atoms. The minimum Gasteiger partial charge on any atom is -0.507 e. The third-order valence-corrected chi connectivity index (χ3v) is 3.44. The summed E-state index contributed by atoms with van der Waals surface area (Å²) in [5.41, 5.74) is 0.642. The summed E-state index contributed by atoms with van der Waals surface area (Å²) in [6, 6.07) is 7.72. The Kier molecular flexibility index (Phi) is 2.37. The van der Waals surface area contributed by atoms with Crippen molar-refractivity contribution in [2.45, 2.75) is 0 Å². The molecule has 0 spiro atoms. The molecule has 0 saturated carbocycles. The number of hydrogen-bond acceptors (Lipinski definition) is 4. The van der Waals surface area contributed by atoms with Gasteiger partial charge in [0, 0.05) is 17.2 Å². The first-order valence-corrected chi connectivity index (χ1v) is 5.87. The van der Waals surface area contributed by atoms with Crippen LogP contribution in [0.1, 0.15) is 27.0 Å². The van der Waals surface area contributed by atoms with E-state index < -0.39 is 11.5 Å². The molecule has 0 saturated heterocycles. The average Bonchev–Trinajstić information content (AvgIpc) is 2.40. The van der Waals surface area contributed by atoms with E-state index in [1.165, 1.54) is 0 Å². The highest BCUT2D eigenvalue weighted by Crippen LogP contribution is 2.41. The van der Waals surface area contributed by atoms with Crippen molar-refractivity contribution in [3.05, 3.63) is 57.6 Å². The molecule has 19 heavy (non-hydrogen) atoms. The maximum Gasteiger partial charge on any atom is 0.198 e. The zero-order valence-electron chi connectivity index (χ0n) is 9.57. The van der Waals surface area contributed by atoms with Gasteiger partial charge < -0.3 is 10.2 Å². The number of phenolic OH excluding ortho intramolecular Hbond substituents is 2. The molecular weight excluding hydrogens is 266 g/mol. The molecular formula is C14H8ClNO3. The lowest BCUT2D eigenvalue weighted by Gasteiger charge is -2.21. The van der Waals surface area contributed by atoms with Crippen LogP contribution in [-0.2, 0) is 0 Å². The fraction of sp³-hybridized carbons (Fsp3) is 0. The first kappa shape index (κ1) is 11.7. The number of nitrogens with one attached hydrogen (secondary N) is 1. The maximum atomic E-state index is 12.4. The number of carbonyl (C=O) groups excluding carboxylic acids is 1. The lowest BCUT2D eigenvalue weighted by Crippen LogP contribution is -2.21. The topological polar surface area (TPSA) is 81.4 Å². The highest BCUT2D eigenvalue weighted by Gasteiger charge is 2.33. The molecule has 2 aromatic rings. The van der Waals surface area contributed by atoms with Gasteiger partial charge in [0.2, 0.25) is 0 Å². The number of hydrogen-bond donors (Lipinski definition) is 3. The van der Waals surface area contributed by atoms with Crippen LogP contribution < -0.4 is 0 Å². The van der Waals surface area contributed by atoms with E-state index in [0.29, 0.717) is 11.1 Å². The summed E-state index contributed by atoms with van der Waals surface area (Å²) in [7, 11) is 0. The summed E-state index contributed by atoms with van der Waals surface area (Å²) < 4.78 is 0. The number of fused-ring (bicyclic) bond motifs is 2. The summed E-state index contributed by atoms with van der Waals surface area (Å²) >= 11 is 5.76. The molecule has 3 N–H and O–H groups in total. The monoisotopic (exact) mass is 273 g/mol. The van der Waals surface area contributed by atoms with Gasteiger partial charge in [-0.1, -0.05) is 35.9 Å². The van der Waals surface area contributed by atoms with Crippen molar-refractivity contribution < 1.29 is 15.0 Å². The van der Waals surface area contributed by atoms with E-state index in [1.54, 1.807) is 24.3 Å². The largest absolute Gasteiger partial charge is 0.507 e. The van der Waals surface area contributed by atoms with Crippen LogP contribution in [0, 0.1) is 5.41 Å². The van der Waals surface area contributed by atoms with Crippen molar-refractivity contribution in [1.82, 2.24) is 0 Å². The van der Waals surface area contributed by atoms with Crippen molar-refractivity contribution in [2.24, 2.45) is 0 Å². The zero-order chi connectivity index (χ0) is 13.7. The predicted molar refractivity (Wildman–Crippen MR) is 70.6 cm³/mol. The Bertz CT molecular complexity index is 753. The van der Waals surface area contributed by atoms with Crippen LogP contribution in [-0.4, -0.2) is 21.7 Å². The molecule has 4 nitrogen and oxygen atoms in total. The number of ketones is 1. The Morgan fingerprint density at radius 2 is 1.68 bits per heavy atom. The minimum absolute atomic E-state index is 0.00494. The third-order valence-electron chi connectivity index (χ3n) is 3.15. The normalized spacial score (nSPS) is 13.1. The van der Waals surface area contributed by atoms with Crippen LogP contribution in [0.2, 0.25) is 5.02 Å². The van der Waals surface area contributed by atoms with E-state index in [4.69, 9.17) is 17.0 Å². The van der Waals surface area contributed by atoms with Crippen molar-refractivity contribution in [2.75, 3.05) is 0 Å². The first-order chi connectivity index (χ1) is 9.02. The molecule has 0 atom stereocenters. The lowest BCUT2D eigenvalue weighted by atomic mass is 9.82. The van der Waals surface area contributed by atoms with Crippen molar-refractivity contribution in [3.8, 4) is 11.5 Å². The smallest absolute Gasteiger partial charge is 0.198 e. The van der Waals surface area contributed by atoms with Gasteiger partial charge in [-0.05, 0) is 0 Å². The fourth-order valence-corrected chi connectivity index (χ4v) is 2.47. The Hall–Kier alpha value is -2.33. The number of halogens is 1. The summed E-state index contributed by atoms with van der Waals surface area (Å²) in [5, 5.41) is 27.8. The molecule has 5 heteroatoms. The maximum absolute atomic E-state index is 12.4. The van der Waals surface area contributed by atoms with E-state index in [1.807, 2.05) is 0 Å². The first-order valence-electron chi connectivity index (χ1n) is 5.50. The van der Waals surface area contributed by atoms with Gasteiger partial charge in [-0.25, -0.2) is 0 Å². The summed E-state index contributed by atoms with van der Waals surface area (Å²) in [6.45, 7) is 0. The summed E-state index contributed by atoms with van der Waals surface area (Å²) in [4.78, 5) is 12.4. The highest BCUT2D eigenvalue weighted by molar-refractivity contribution is 6.36. The molecule has 0 unspecified atom stereocenters. The molecule has 0 amide bonds. The minimum atomic E-state index is -0.447. The number of rotatable bonds is 0. The van der Waals surface area contributed by atoms with Gasteiger partial charge in [0.15, 0.2) is 5.78 Å². The molecule has 3 rings (SSSR count). The van der Waals surface area contributed by atoms with Crippen LogP contribution >= 0.6 is 11.6 Å². The molecule has 1 aliphatic carbocycles. The predicted octanol–water partition coefficient (Wildman–Crippen LogP) is 2.71. The molecule has 2 aromatic carbocycles. The van der Waals surface area contributed by atoms with Gasteiger partial charge in [-0.3, -0.25) is 10.2 Å². The summed E-state index contributed by atoms with van der Waals surface area (Å²) in [5.74, 6) is -1.14. The molecule has 94 valence electrons. The van der Waals surface area contributed by atoms with Crippen LogP contribution in [0.25, 0.3) is 0 Å². The van der Waals surface area contributed by atoms with E-state index in [2.05, 4.69) is 0 Å². The standard InChI is InChI=1S/C14H8ClNO3/c15-8-5-9(17)10-11(14(8)19)13(18)7-4-2-1-3-6(7)12(10)16/h1-5,16-17,19H. The Balaban J connectivity index is 2.43. The van der Waals surface area contributed by atoms with E-state index in [9.17, 15) is 15.0 Å². The van der Waals surface area contributed by atoms with Gasteiger partial charge in [-0.2, -0.15) is 0 Å². The quantitative estimate of drug-likeness (QED) is 0.551. The van der Waals surface area contributed by atoms with Crippen LogP contribution in [0.15, 0.2) is 30.3 Å². The molecule has 0 radical (unpaired) electrons. The second kappa shape index (κ2) is 3.83. The average molecular weight is 274 g/mol. The second-order valence-electron chi connectivity index (χ2n) is 4.23. The number of aromatic hydroxyl groups is 2. The summed E-state index contributed by atoms with van der Waals surface area (Å²) in [6.07, 6.45) is 0. The Labute approximate surface area is 113 Å². The SMILES string of the molecule is N=C1c2ccccc2C(=O)c2c(O)c(Cl)cc(O)c21. The van der Waals surface area contributed by atoms with Gasteiger partial charge >= 0.3 is 0 Å². The third kappa shape index (κ3) is 1.47. The molecule has 1 aliphatic rings. The molecule has 0 fully saturated rings. The molecule has 0 aliphatic heterocycles. The fourth-order valence-electron chi connectivity index (χ4n) is 2.27. The van der Waals surface area contributed by atoms with E-state index in [0.717, 1.165) is 6.07 Å². The molecule has 0 heterocycles. The second-order valence-corrected chi connectivity index (χ2v) is 4.63. The molecule has 0 aromatic heterocycles. The lowest BCUT2D eigenvalue weighted by molar-refractivity contribution is 0.103. The zero-order valence-corrected chi connectivity index (χ0v) is 10.3. The van der Waals surface area contributed by atoms with Crippen LogP contribution in [0.4, 0.5) is 0 Å². The highest BCUT2D eigenvalue weighted by atomic mass is 35.5. The van der Waals surface area contributed by atoms with Gasteiger partial charge in [0.1, 0.15) is 11.5 Å². The van der Waals surface area contributed by atoms with Crippen LogP contribution in [0.5, 0.6) is 11.5 Å². The van der Waals surface area contributed by atoms with Crippen molar-refractivity contribution >= 4 is 23.1 Å². The van der Waals surface area contributed by atoms with Crippen molar-refractivity contribution in [3.63, 3.8) is 0 Å². The number of carbonyl (C=O) groups is 1. The van der Waals surface area contributed by atoms with Crippen LogP contribution in [0.3, 0.4) is 0 Å². The number of benzene rings is 2. The van der Waals surface area contributed by atoms with Gasteiger partial charge in [0.25, 0.3) is 0 Å². The van der Waals surface area contributed by atoms with Gasteiger partial charge in [0.05, 0.1) is 21.9 Å². The Morgan fingerprint density at radius 3 is 2.37 bits per heavy atom. The Morgan fingerprint density at radius 1 is 1.05 bits per heavy atom.